The summed E-state index contributed by atoms with van der Waals surface area (Å²) in [6, 6.07) is 6.48. The highest BCUT2D eigenvalue weighted by Crippen LogP contribution is 2.28. The molecule has 3 aliphatic rings. The van der Waals surface area contributed by atoms with Gasteiger partial charge in [-0.05, 0) is 55.4 Å². The highest BCUT2D eigenvalue weighted by molar-refractivity contribution is 5.77. The van der Waals surface area contributed by atoms with Crippen LogP contribution in [0.2, 0.25) is 0 Å². The SMILES string of the molecule is COC1C=c2c3c(n(C)c2=CC1)CCN(c1ccc2nc(CCC4CCOCC4)oc2c1)C3. The second-order valence-corrected chi connectivity index (χ2v) is 9.69. The van der Waals surface area contributed by atoms with Crippen LogP contribution in [0.3, 0.4) is 0 Å². The highest BCUT2D eigenvalue weighted by Gasteiger charge is 2.24. The van der Waals surface area contributed by atoms with E-state index in [0.717, 1.165) is 87.7 Å². The van der Waals surface area contributed by atoms with Crippen LogP contribution in [0.25, 0.3) is 23.3 Å². The molecule has 1 fully saturated rings. The highest BCUT2D eigenvalue weighted by atomic mass is 16.5. The van der Waals surface area contributed by atoms with Crippen LogP contribution < -0.4 is 15.5 Å². The van der Waals surface area contributed by atoms with Gasteiger partial charge in [0.25, 0.3) is 0 Å². The molecule has 2 aliphatic heterocycles. The maximum atomic E-state index is 6.18. The average Bonchev–Trinajstić information content (AvgIpc) is 3.40. The van der Waals surface area contributed by atoms with Crippen LogP contribution in [0, 0.1) is 5.92 Å². The number of nitrogens with zero attached hydrogens (tertiary/aromatic N) is 3. The van der Waals surface area contributed by atoms with Gasteiger partial charge in [-0.2, -0.15) is 0 Å². The Labute approximate surface area is 194 Å². The van der Waals surface area contributed by atoms with Crippen molar-refractivity contribution in [1.82, 2.24) is 9.55 Å². The maximum absolute atomic E-state index is 6.18. The molecule has 0 amide bonds. The third kappa shape index (κ3) is 3.89. The number of benzene rings is 1. The summed E-state index contributed by atoms with van der Waals surface area (Å²) in [6.07, 6.45) is 11.2. The van der Waals surface area contributed by atoms with Gasteiger partial charge >= 0.3 is 0 Å². The first kappa shape index (κ1) is 21.0. The summed E-state index contributed by atoms with van der Waals surface area (Å²) < 4.78 is 19.7. The molecule has 33 heavy (non-hydrogen) atoms. The van der Waals surface area contributed by atoms with E-state index in [1.807, 2.05) is 0 Å². The monoisotopic (exact) mass is 447 g/mol. The second-order valence-electron chi connectivity index (χ2n) is 9.69. The number of anilines is 1. The van der Waals surface area contributed by atoms with E-state index >= 15 is 0 Å². The van der Waals surface area contributed by atoms with Crippen LogP contribution in [-0.2, 0) is 35.9 Å². The van der Waals surface area contributed by atoms with E-state index in [4.69, 9.17) is 18.9 Å². The van der Waals surface area contributed by atoms with Gasteiger partial charge in [-0.25, -0.2) is 4.98 Å². The van der Waals surface area contributed by atoms with Gasteiger partial charge in [-0.3, -0.25) is 0 Å². The molecule has 1 atom stereocenters. The molecule has 3 aromatic rings. The number of oxazole rings is 1. The minimum atomic E-state index is 0.171. The van der Waals surface area contributed by atoms with E-state index in [-0.39, 0.29) is 6.10 Å². The smallest absolute Gasteiger partial charge is 0.195 e. The lowest BCUT2D eigenvalue weighted by Gasteiger charge is -2.29. The molecular weight excluding hydrogens is 414 g/mol. The van der Waals surface area contributed by atoms with Gasteiger partial charge in [0.2, 0.25) is 0 Å². The van der Waals surface area contributed by atoms with Crippen LogP contribution >= 0.6 is 0 Å². The fourth-order valence-corrected chi connectivity index (χ4v) is 5.77. The van der Waals surface area contributed by atoms with Gasteiger partial charge in [0.1, 0.15) is 5.52 Å². The second kappa shape index (κ2) is 8.65. The average molecular weight is 448 g/mol. The molecule has 0 saturated carbocycles. The molecule has 6 nitrogen and oxygen atoms in total. The molecule has 1 unspecified atom stereocenters. The molecule has 6 heteroatoms. The standard InChI is InChI=1S/C27H33N3O3/c1-29-24-7-5-20(31-2)16-21(24)22-17-30(12-9-25(22)29)19-4-6-23-26(15-19)33-27(28-23)8-3-18-10-13-32-14-11-18/h4,6-7,15-16,18,20H,3,5,8-14,17H2,1-2H3. The number of hydrogen-bond acceptors (Lipinski definition) is 5. The van der Waals surface area contributed by atoms with E-state index in [1.54, 1.807) is 7.11 Å². The quantitative estimate of drug-likeness (QED) is 0.602. The van der Waals surface area contributed by atoms with Crippen LogP contribution in [0.4, 0.5) is 5.69 Å². The van der Waals surface area contributed by atoms with Gasteiger partial charge < -0.3 is 23.4 Å². The Morgan fingerprint density at radius 2 is 2.09 bits per heavy atom. The summed E-state index contributed by atoms with van der Waals surface area (Å²) in [5, 5.41) is 2.70. The van der Waals surface area contributed by atoms with E-state index in [9.17, 15) is 0 Å². The number of aryl methyl sites for hydroxylation is 1. The summed E-state index contributed by atoms with van der Waals surface area (Å²) in [5.74, 6) is 1.60. The van der Waals surface area contributed by atoms with Crippen LogP contribution in [0.5, 0.6) is 0 Å². The first-order valence-electron chi connectivity index (χ1n) is 12.3. The number of fused-ring (bicyclic) bond motifs is 4. The van der Waals surface area contributed by atoms with Crippen LogP contribution in [0.1, 0.15) is 42.8 Å². The minimum Gasteiger partial charge on any atom is -0.441 e. The number of hydrogen-bond donors (Lipinski definition) is 0. The lowest BCUT2D eigenvalue weighted by atomic mass is 9.95. The van der Waals surface area contributed by atoms with Crippen LogP contribution in [0.15, 0.2) is 22.6 Å². The van der Waals surface area contributed by atoms with Gasteiger partial charge in [-0.15, -0.1) is 0 Å². The van der Waals surface area contributed by atoms with E-state index in [0.29, 0.717) is 0 Å². The number of methoxy groups -OCH3 is 1. The van der Waals surface area contributed by atoms with Crippen molar-refractivity contribution in [2.45, 2.75) is 51.2 Å². The molecule has 1 aliphatic carbocycles. The Balaban J connectivity index is 1.23. The Morgan fingerprint density at radius 1 is 1.21 bits per heavy atom. The zero-order chi connectivity index (χ0) is 22.4. The first-order valence-corrected chi connectivity index (χ1v) is 12.3. The topological polar surface area (TPSA) is 52.7 Å². The fraction of sp³-hybridized carbons (Fsp3) is 0.519. The molecule has 6 rings (SSSR count). The Bertz CT molecular complexity index is 1280. The zero-order valence-corrected chi connectivity index (χ0v) is 19.7. The van der Waals surface area contributed by atoms with Gasteiger partial charge in [0, 0.05) is 81.3 Å². The number of ether oxygens (including phenoxy) is 2. The third-order valence-corrected chi connectivity index (χ3v) is 7.77. The molecular formula is C27H33N3O3. The molecule has 0 radical (unpaired) electrons. The summed E-state index contributed by atoms with van der Waals surface area (Å²) >= 11 is 0. The molecule has 1 aromatic carbocycles. The van der Waals surface area contributed by atoms with Crippen LogP contribution in [-0.4, -0.2) is 42.5 Å². The molecule has 0 spiro atoms. The van der Waals surface area contributed by atoms with Crippen molar-refractivity contribution in [3.05, 3.63) is 45.9 Å². The van der Waals surface area contributed by atoms with Crippen molar-refractivity contribution in [2.75, 3.05) is 31.8 Å². The molecule has 4 heterocycles. The summed E-state index contributed by atoms with van der Waals surface area (Å²) in [5.41, 5.74) is 5.96. The number of rotatable bonds is 5. The van der Waals surface area contributed by atoms with E-state index < -0.39 is 0 Å². The number of aromatic nitrogens is 2. The predicted octanol–water partition coefficient (Wildman–Crippen LogP) is 3.07. The van der Waals surface area contributed by atoms with Crippen molar-refractivity contribution in [3.8, 4) is 0 Å². The molecule has 1 saturated heterocycles. The van der Waals surface area contributed by atoms with E-state index in [1.165, 1.54) is 27.5 Å². The zero-order valence-electron chi connectivity index (χ0n) is 19.7. The van der Waals surface area contributed by atoms with Crippen molar-refractivity contribution in [2.24, 2.45) is 13.0 Å². The normalized spacial score (nSPS) is 20.9. The molecule has 0 bridgehead atoms. The van der Waals surface area contributed by atoms with Crippen molar-refractivity contribution >= 4 is 28.9 Å². The largest absolute Gasteiger partial charge is 0.441 e. The van der Waals surface area contributed by atoms with Gasteiger partial charge in [0.05, 0.1) is 6.10 Å². The summed E-state index contributed by atoms with van der Waals surface area (Å²) in [7, 11) is 4.00. The Morgan fingerprint density at radius 3 is 2.94 bits per heavy atom. The fourth-order valence-electron chi connectivity index (χ4n) is 5.77. The summed E-state index contributed by atoms with van der Waals surface area (Å²) in [4.78, 5) is 7.22. The Hall–Kier alpha value is -2.57. The minimum absolute atomic E-state index is 0.171. The van der Waals surface area contributed by atoms with Crippen molar-refractivity contribution in [3.63, 3.8) is 0 Å². The Kier molecular flexibility index (Phi) is 5.51. The third-order valence-electron chi connectivity index (χ3n) is 7.77. The lowest BCUT2D eigenvalue weighted by molar-refractivity contribution is 0.0635. The van der Waals surface area contributed by atoms with Crippen molar-refractivity contribution in [1.29, 1.82) is 0 Å². The molecule has 174 valence electrons. The van der Waals surface area contributed by atoms with E-state index in [2.05, 4.69) is 46.9 Å². The molecule has 0 N–H and O–H groups in total. The van der Waals surface area contributed by atoms with Gasteiger partial charge in [0.15, 0.2) is 11.5 Å². The van der Waals surface area contributed by atoms with Crippen molar-refractivity contribution < 1.29 is 13.9 Å². The molecule has 2 aromatic heterocycles. The lowest BCUT2D eigenvalue weighted by Crippen LogP contribution is -2.36. The maximum Gasteiger partial charge on any atom is 0.195 e. The van der Waals surface area contributed by atoms with Gasteiger partial charge in [-0.1, -0.05) is 6.08 Å². The summed E-state index contributed by atoms with van der Waals surface area (Å²) in [6.45, 7) is 3.71. The predicted molar refractivity (Wildman–Crippen MR) is 130 cm³/mol. The first-order chi connectivity index (χ1) is 16.2.